The summed E-state index contributed by atoms with van der Waals surface area (Å²) in [5.41, 5.74) is 4.13. The number of fused-ring (bicyclic) bond motifs is 5. The van der Waals surface area contributed by atoms with E-state index in [1.165, 1.54) is 0 Å². The molecular formula is C27H16ClN5S. The Morgan fingerprint density at radius 2 is 1.38 bits per heavy atom. The molecule has 0 atom stereocenters. The second-order valence-corrected chi connectivity index (χ2v) is 9.44. The Morgan fingerprint density at radius 1 is 0.706 bits per heavy atom. The third-order valence-corrected chi connectivity index (χ3v) is 7.33. The van der Waals surface area contributed by atoms with Crippen LogP contribution in [0.15, 0.2) is 107 Å². The minimum atomic E-state index is 0.383. The number of benzene rings is 3. The lowest BCUT2D eigenvalue weighted by Crippen LogP contribution is -2.18. The summed E-state index contributed by atoms with van der Waals surface area (Å²) in [7, 11) is 0. The van der Waals surface area contributed by atoms with Gasteiger partial charge in [-0.25, -0.2) is 4.98 Å². The predicted molar refractivity (Wildman–Crippen MR) is 138 cm³/mol. The molecule has 0 spiro atoms. The van der Waals surface area contributed by atoms with Gasteiger partial charge in [0.15, 0.2) is 0 Å². The fourth-order valence-electron chi connectivity index (χ4n) is 4.59. The van der Waals surface area contributed by atoms with Crippen molar-refractivity contribution >= 4 is 62.5 Å². The number of anilines is 3. The fourth-order valence-corrected chi connectivity index (χ4v) is 5.82. The minimum Gasteiger partial charge on any atom is -0.293 e. The summed E-state index contributed by atoms with van der Waals surface area (Å²) in [6, 6.07) is 28.7. The first-order chi connectivity index (χ1) is 16.8. The molecule has 0 aliphatic carbocycles. The minimum absolute atomic E-state index is 0.383. The second kappa shape index (κ2) is 7.58. The Balaban J connectivity index is 1.51. The van der Waals surface area contributed by atoms with Crippen molar-refractivity contribution in [2.45, 2.75) is 9.79 Å². The standard InChI is InChI=1S/C27H16ClN5S/c28-25-15-26(32-19-8-2-1-7-17(19)18-16-29-14-13-20(18)32)31-27(30-25)33-21-9-3-5-11-23(21)34-24-12-6-4-10-22(24)33/h1-16H. The molecular weight excluding hydrogens is 462 g/mol. The van der Waals surface area contributed by atoms with E-state index in [0.29, 0.717) is 16.9 Å². The summed E-state index contributed by atoms with van der Waals surface area (Å²) in [5, 5.41) is 2.57. The molecule has 0 N–H and O–H groups in total. The Morgan fingerprint density at radius 3 is 2.18 bits per heavy atom. The van der Waals surface area contributed by atoms with Crippen LogP contribution in [-0.2, 0) is 0 Å². The lowest BCUT2D eigenvalue weighted by Gasteiger charge is -2.31. The summed E-state index contributed by atoms with van der Waals surface area (Å²) in [6.45, 7) is 0. The van der Waals surface area contributed by atoms with Crippen LogP contribution in [0.2, 0.25) is 5.15 Å². The van der Waals surface area contributed by atoms with E-state index in [1.54, 1.807) is 18.0 Å². The second-order valence-electron chi connectivity index (χ2n) is 7.97. The van der Waals surface area contributed by atoms with Crippen LogP contribution < -0.4 is 4.90 Å². The number of para-hydroxylation sites is 3. The molecule has 34 heavy (non-hydrogen) atoms. The van der Waals surface area contributed by atoms with Crippen LogP contribution in [0.3, 0.4) is 0 Å². The maximum Gasteiger partial charge on any atom is 0.238 e. The first kappa shape index (κ1) is 19.6. The van der Waals surface area contributed by atoms with Crippen LogP contribution >= 0.6 is 23.4 Å². The average molecular weight is 478 g/mol. The van der Waals surface area contributed by atoms with Crippen LogP contribution in [0.5, 0.6) is 0 Å². The predicted octanol–water partition coefficient (Wildman–Crippen LogP) is 7.56. The number of halogens is 1. The molecule has 0 radical (unpaired) electrons. The van der Waals surface area contributed by atoms with Crippen molar-refractivity contribution in [3.05, 3.63) is 102 Å². The first-order valence-corrected chi connectivity index (χ1v) is 12.0. The van der Waals surface area contributed by atoms with Crippen molar-refractivity contribution in [2.75, 3.05) is 4.90 Å². The molecule has 1 aliphatic heterocycles. The Kier molecular flexibility index (Phi) is 4.37. The van der Waals surface area contributed by atoms with E-state index in [-0.39, 0.29) is 0 Å². The van der Waals surface area contributed by atoms with Crippen LogP contribution in [0.25, 0.3) is 27.6 Å². The molecule has 0 fully saturated rings. The lowest BCUT2D eigenvalue weighted by molar-refractivity contribution is 0.993. The van der Waals surface area contributed by atoms with Crippen molar-refractivity contribution in [2.24, 2.45) is 0 Å². The maximum absolute atomic E-state index is 6.63. The van der Waals surface area contributed by atoms with Crippen LogP contribution in [-0.4, -0.2) is 19.5 Å². The van der Waals surface area contributed by atoms with Crippen LogP contribution in [0, 0.1) is 0 Å². The van der Waals surface area contributed by atoms with E-state index in [4.69, 9.17) is 16.6 Å². The van der Waals surface area contributed by atoms with Crippen LogP contribution in [0.4, 0.5) is 17.3 Å². The van der Waals surface area contributed by atoms with Crippen molar-refractivity contribution in [1.82, 2.24) is 19.5 Å². The van der Waals surface area contributed by atoms with Gasteiger partial charge in [0.2, 0.25) is 5.95 Å². The van der Waals surface area contributed by atoms with Gasteiger partial charge in [-0.3, -0.25) is 14.5 Å². The van der Waals surface area contributed by atoms with Gasteiger partial charge >= 0.3 is 0 Å². The summed E-state index contributed by atoms with van der Waals surface area (Å²) in [5.74, 6) is 1.24. The van der Waals surface area contributed by atoms with Crippen molar-refractivity contribution in [1.29, 1.82) is 0 Å². The SMILES string of the molecule is Clc1cc(-n2c3ccccc3c3cnccc32)nc(N2c3ccccc3Sc3ccccc32)n1. The topological polar surface area (TPSA) is 46.8 Å². The first-order valence-electron chi connectivity index (χ1n) is 10.8. The molecule has 3 aromatic carbocycles. The third-order valence-electron chi connectivity index (χ3n) is 6.00. The molecule has 4 heterocycles. The zero-order valence-electron chi connectivity index (χ0n) is 17.8. The maximum atomic E-state index is 6.63. The Labute approximate surface area is 204 Å². The third kappa shape index (κ3) is 2.93. The van der Waals surface area contributed by atoms with E-state index in [0.717, 1.165) is 43.0 Å². The fraction of sp³-hybridized carbons (Fsp3) is 0. The van der Waals surface area contributed by atoms with E-state index >= 15 is 0 Å². The normalized spacial score (nSPS) is 12.7. The lowest BCUT2D eigenvalue weighted by atomic mass is 10.2. The highest BCUT2D eigenvalue weighted by Gasteiger charge is 2.27. The highest BCUT2D eigenvalue weighted by molar-refractivity contribution is 7.99. The van der Waals surface area contributed by atoms with Gasteiger partial charge in [0.25, 0.3) is 0 Å². The van der Waals surface area contributed by atoms with E-state index in [2.05, 4.69) is 55.8 Å². The molecule has 0 bridgehead atoms. The summed E-state index contributed by atoms with van der Waals surface area (Å²) in [6.07, 6.45) is 3.70. The highest BCUT2D eigenvalue weighted by Crippen LogP contribution is 2.50. The van der Waals surface area contributed by atoms with E-state index in [9.17, 15) is 0 Å². The van der Waals surface area contributed by atoms with Gasteiger partial charge in [0, 0.05) is 39.0 Å². The molecule has 1 aliphatic rings. The molecule has 3 aromatic heterocycles. The number of rotatable bonds is 2. The number of aromatic nitrogens is 4. The van der Waals surface area contributed by atoms with Crippen molar-refractivity contribution < 1.29 is 0 Å². The van der Waals surface area contributed by atoms with Gasteiger partial charge in [-0.2, -0.15) is 4.98 Å². The average Bonchev–Trinajstić information content (AvgIpc) is 3.21. The number of nitrogens with zero attached hydrogens (tertiary/aromatic N) is 5. The number of hydrogen-bond acceptors (Lipinski definition) is 5. The summed E-state index contributed by atoms with van der Waals surface area (Å²) >= 11 is 8.38. The summed E-state index contributed by atoms with van der Waals surface area (Å²) < 4.78 is 2.12. The Bertz CT molecular complexity index is 1630. The zero-order chi connectivity index (χ0) is 22.6. The molecule has 162 valence electrons. The molecule has 0 saturated carbocycles. The zero-order valence-corrected chi connectivity index (χ0v) is 19.3. The molecule has 5 nitrogen and oxygen atoms in total. The molecule has 0 saturated heterocycles. The molecule has 7 rings (SSSR count). The van der Waals surface area contributed by atoms with Crippen molar-refractivity contribution in [3.8, 4) is 5.82 Å². The van der Waals surface area contributed by atoms with Crippen molar-refractivity contribution in [3.63, 3.8) is 0 Å². The van der Waals surface area contributed by atoms with Gasteiger partial charge < -0.3 is 0 Å². The van der Waals surface area contributed by atoms with Gasteiger partial charge in [0.05, 0.1) is 22.4 Å². The highest BCUT2D eigenvalue weighted by atomic mass is 35.5. The monoisotopic (exact) mass is 477 g/mol. The molecule has 6 aromatic rings. The number of pyridine rings is 1. The largest absolute Gasteiger partial charge is 0.293 e. The summed E-state index contributed by atoms with van der Waals surface area (Å²) in [4.78, 5) is 18.5. The van der Waals surface area contributed by atoms with E-state index < -0.39 is 0 Å². The Hall–Kier alpha value is -3.87. The molecule has 0 amide bonds. The smallest absolute Gasteiger partial charge is 0.238 e. The van der Waals surface area contributed by atoms with Crippen LogP contribution in [0.1, 0.15) is 0 Å². The number of hydrogen-bond donors (Lipinski definition) is 0. The van der Waals surface area contributed by atoms with Gasteiger partial charge in [-0.1, -0.05) is 65.8 Å². The van der Waals surface area contributed by atoms with Gasteiger partial charge in [-0.15, -0.1) is 0 Å². The molecule has 7 heteroatoms. The van der Waals surface area contributed by atoms with E-state index in [1.807, 2.05) is 54.7 Å². The quantitative estimate of drug-likeness (QED) is 0.240. The molecule has 0 unspecified atom stereocenters. The van der Waals surface area contributed by atoms with Gasteiger partial charge in [0.1, 0.15) is 11.0 Å². The van der Waals surface area contributed by atoms with Gasteiger partial charge in [-0.05, 0) is 36.4 Å².